The maximum Gasteiger partial charge on any atom is 0.257 e. The summed E-state index contributed by atoms with van der Waals surface area (Å²) < 4.78 is 19.8. The maximum atomic E-state index is 14.6. The quantitative estimate of drug-likeness (QED) is 0.851. The molecule has 2 atom stereocenters. The number of hydrogen-bond acceptors (Lipinski definition) is 5. The fourth-order valence-electron chi connectivity index (χ4n) is 3.00. The van der Waals surface area contributed by atoms with E-state index in [2.05, 4.69) is 0 Å². The lowest BCUT2D eigenvalue weighted by Gasteiger charge is -2.26. The van der Waals surface area contributed by atoms with Crippen LogP contribution in [0.4, 0.5) is 10.1 Å². The molecule has 0 saturated carbocycles. The number of halogens is 1. The van der Waals surface area contributed by atoms with E-state index in [1.807, 2.05) is 19.0 Å². The minimum absolute atomic E-state index is 0.370. The van der Waals surface area contributed by atoms with Crippen molar-refractivity contribution in [2.45, 2.75) is 16.2 Å². The summed E-state index contributed by atoms with van der Waals surface area (Å²) in [7, 11) is 5.38. The Labute approximate surface area is 162 Å². The number of methoxy groups -OCH3 is 1. The van der Waals surface area contributed by atoms with Crippen LogP contribution in [0.25, 0.3) is 0 Å². The van der Waals surface area contributed by atoms with E-state index in [1.54, 1.807) is 43.5 Å². The Morgan fingerprint density at radius 1 is 1.22 bits per heavy atom. The van der Waals surface area contributed by atoms with Gasteiger partial charge in [-0.1, -0.05) is 18.2 Å². The van der Waals surface area contributed by atoms with Gasteiger partial charge in [-0.25, -0.2) is 4.39 Å². The molecular weight excluding hydrogens is 367 g/mol. The minimum Gasteiger partial charge on any atom is -0.497 e. The van der Waals surface area contributed by atoms with Crippen molar-refractivity contribution in [3.8, 4) is 5.75 Å². The fraction of sp³-hybridized carbons (Fsp3) is 0.350. The molecule has 0 bridgehead atoms. The van der Waals surface area contributed by atoms with Crippen molar-refractivity contribution in [1.29, 1.82) is 0 Å². The minimum atomic E-state index is -1.28. The Morgan fingerprint density at radius 2 is 1.93 bits per heavy atom. The van der Waals surface area contributed by atoms with Gasteiger partial charge in [0.05, 0.1) is 22.9 Å². The Balaban J connectivity index is 2.02. The molecule has 0 aliphatic carbocycles. The third-order valence-corrected chi connectivity index (χ3v) is 5.93. The summed E-state index contributed by atoms with van der Waals surface area (Å²) in [6.45, 7) is 0.974. The normalized spacial score (nSPS) is 19.8. The number of aliphatic hydroxyl groups excluding tert-OH is 1. The van der Waals surface area contributed by atoms with Crippen LogP contribution in [-0.2, 0) is 4.79 Å². The molecule has 2 aromatic carbocycles. The predicted octanol–water partition coefficient (Wildman–Crippen LogP) is 2.94. The number of benzene rings is 2. The third-order valence-electron chi connectivity index (χ3n) is 4.50. The fourth-order valence-corrected chi connectivity index (χ4v) is 4.27. The number of fused-ring (bicyclic) bond motifs is 1. The molecule has 0 spiro atoms. The molecule has 1 N–H and O–H groups in total. The van der Waals surface area contributed by atoms with Crippen molar-refractivity contribution in [2.24, 2.45) is 0 Å². The van der Waals surface area contributed by atoms with E-state index in [0.717, 1.165) is 5.56 Å². The van der Waals surface area contributed by atoms with E-state index in [-0.39, 0.29) is 0 Å². The number of nitrogens with zero attached hydrogens (tertiary/aromatic N) is 2. The Morgan fingerprint density at radius 3 is 2.56 bits per heavy atom. The van der Waals surface area contributed by atoms with E-state index in [4.69, 9.17) is 4.74 Å². The van der Waals surface area contributed by atoms with Gasteiger partial charge in [0.2, 0.25) is 0 Å². The molecule has 2 aromatic rings. The lowest BCUT2D eigenvalue weighted by Crippen LogP contribution is -2.43. The summed E-state index contributed by atoms with van der Waals surface area (Å²) in [5, 5.41) is 10.2. The number of amides is 1. The van der Waals surface area contributed by atoms with Crippen molar-refractivity contribution >= 4 is 23.4 Å². The second-order valence-corrected chi connectivity index (χ2v) is 7.79. The van der Waals surface area contributed by atoms with Gasteiger partial charge in [-0.3, -0.25) is 4.79 Å². The molecule has 7 heteroatoms. The van der Waals surface area contributed by atoms with Gasteiger partial charge in [0, 0.05) is 13.1 Å². The van der Waals surface area contributed by atoms with Crippen molar-refractivity contribution < 1.29 is 19.0 Å². The first-order valence-electron chi connectivity index (χ1n) is 8.65. The highest BCUT2D eigenvalue weighted by Crippen LogP contribution is 2.46. The molecule has 1 amide bonds. The van der Waals surface area contributed by atoms with Gasteiger partial charge < -0.3 is 19.6 Å². The first kappa shape index (κ1) is 19.7. The number of anilines is 1. The smallest absolute Gasteiger partial charge is 0.257 e. The molecule has 27 heavy (non-hydrogen) atoms. The number of ether oxygens (including phenoxy) is 1. The van der Waals surface area contributed by atoms with Crippen molar-refractivity contribution in [1.82, 2.24) is 4.90 Å². The number of likely N-dealkylation sites (N-methyl/N-ethyl adjacent to an activating group) is 1. The van der Waals surface area contributed by atoms with Crippen LogP contribution in [0, 0.1) is 5.82 Å². The van der Waals surface area contributed by atoms with Crippen LogP contribution in [-0.4, -0.2) is 56.3 Å². The maximum absolute atomic E-state index is 14.6. The standard InChI is InChI=1S/C20H23FN2O3S/c1-22(2)11-12-23-16-6-4-5-15(21)19(16)27-18(17(24)20(23)25)13-7-9-14(26-3)10-8-13/h4-10,17-18,24H,11-12H2,1-3H3/t17?,18-/m0/s1. The molecule has 0 fully saturated rings. The van der Waals surface area contributed by atoms with Crippen LogP contribution in [0.1, 0.15) is 10.8 Å². The Kier molecular flexibility index (Phi) is 6.04. The first-order valence-corrected chi connectivity index (χ1v) is 9.53. The highest BCUT2D eigenvalue weighted by Gasteiger charge is 2.38. The van der Waals surface area contributed by atoms with Gasteiger partial charge in [-0.2, -0.15) is 0 Å². The largest absolute Gasteiger partial charge is 0.497 e. The number of rotatable bonds is 5. The molecule has 0 aromatic heterocycles. The summed E-state index contributed by atoms with van der Waals surface area (Å²) in [6.07, 6.45) is -1.28. The second kappa shape index (κ2) is 8.29. The summed E-state index contributed by atoms with van der Waals surface area (Å²) in [5.74, 6) is -0.139. The summed E-state index contributed by atoms with van der Waals surface area (Å²) in [6, 6.07) is 11.8. The molecule has 0 saturated heterocycles. The average molecular weight is 390 g/mol. The monoisotopic (exact) mass is 390 g/mol. The third kappa shape index (κ3) is 4.10. The van der Waals surface area contributed by atoms with Gasteiger partial charge in [0.15, 0.2) is 0 Å². The highest BCUT2D eigenvalue weighted by molar-refractivity contribution is 7.99. The van der Waals surface area contributed by atoms with E-state index in [0.29, 0.717) is 29.4 Å². The number of aliphatic hydroxyl groups is 1. The molecule has 144 valence electrons. The zero-order chi connectivity index (χ0) is 19.6. The molecular formula is C20H23FN2O3S. The highest BCUT2D eigenvalue weighted by atomic mass is 32.2. The lowest BCUT2D eigenvalue weighted by atomic mass is 10.1. The molecule has 1 aliphatic heterocycles. The average Bonchev–Trinajstić information content (AvgIpc) is 2.76. The van der Waals surface area contributed by atoms with Gasteiger partial charge in [0.25, 0.3) is 5.91 Å². The van der Waals surface area contributed by atoms with E-state index in [1.165, 1.54) is 22.7 Å². The number of carbonyl (C=O) groups is 1. The second-order valence-electron chi connectivity index (χ2n) is 6.64. The van der Waals surface area contributed by atoms with E-state index < -0.39 is 23.1 Å². The van der Waals surface area contributed by atoms with Crippen LogP contribution in [0.15, 0.2) is 47.4 Å². The Hall–Kier alpha value is -2.09. The van der Waals surface area contributed by atoms with E-state index in [9.17, 15) is 14.3 Å². The molecule has 1 unspecified atom stereocenters. The summed E-state index contributed by atoms with van der Waals surface area (Å²) >= 11 is 1.18. The molecule has 5 nitrogen and oxygen atoms in total. The zero-order valence-electron chi connectivity index (χ0n) is 15.6. The number of hydrogen-bond donors (Lipinski definition) is 1. The summed E-state index contributed by atoms with van der Waals surface area (Å²) in [5.41, 5.74) is 1.24. The van der Waals surface area contributed by atoms with Gasteiger partial charge >= 0.3 is 0 Å². The molecule has 0 radical (unpaired) electrons. The molecule has 3 rings (SSSR count). The van der Waals surface area contributed by atoms with Gasteiger partial charge in [0.1, 0.15) is 17.7 Å². The van der Waals surface area contributed by atoms with Crippen molar-refractivity contribution in [3.63, 3.8) is 0 Å². The number of thioether (sulfide) groups is 1. The number of carbonyl (C=O) groups excluding carboxylic acids is 1. The van der Waals surface area contributed by atoms with Crippen LogP contribution < -0.4 is 9.64 Å². The topological polar surface area (TPSA) is 53.0 Å². The van der Waals surface area contributed by atoms with Crippen LogP contribution in [0.5, 0.6) is 5.75 Å². The van der Waals surface area contributed by atoms with E-state index >= 15 is 0 Å². The molecule has 1 heterocycles. The predicted molar refractivity (Wildman–Crippen MR) is 105 cm³/mol. The van der Waals surface area contributed by atoms with Crippen LogP contribution in [0.2, 0.25) is 0 Å². The Bertz CT molecular complexity index is 813. The SMILES string of the molecule is COc1ccc([C@@H]2Sc3c(F)cccc3N(CCN(C)C)C(=O)C2O)cc1. The summed E-state index contributed by atoms with van der Waals surface area (Å²) in [4.78, 5) is 16.8. The van der Waals surface area contributed by atoms with Gasteiger partial charge in [-0.05, 0) is 43.9 Å². The van der Waals surface area contributed by atoms with Crippen LogP contribution in [0.3, 0.4) is 0 Å². The van der Waals surface area contributed by atoms with Gasteiger partial charge in [-0.15, -0.1) is 11.8 Å². The molecule has 1 aliphatic rings. The zero-order valence-corrected chi connectivity index (χ0v) is 16.4. The van der Waals surface area contributed by atoms with Crippen molar-refractivity contribution in [2.75, 3.05) is 39.2 Å². The van der Waals surface area contributed by atoms with Crippen molar-refractivity contribution in [3.05, 3.63) is 53.8 Å². The lowest BCUT2D eigenvalue weighted by molar-refractivity contribution is -0.126. The van der Waals surface area contributed by atoms with Crippen LogP contribution >= 0.6 is 11.8 Å². The first-order chi connectivity index (χ1) is 12.9.